The van der Waals surface area contributed by atoms with Crippen LogP contribution in [0.2, 0.25) is 0 Å². The van der Waals surface area contributed by atoms with Crippen molar-refractivity contribution >= 4 is 9.84 Å². The molecule has 1 saturated heterocycles. The molecule has 0 bridgehead atoms. The number of aromatic nitrogens is 2. The van der Waals surface area contributed by atoms with E-state index in [0.717, 1.165) is 25.9 Å². The van der Waals surface area contributed by atoms with Crippen LogP contribution < -0.4 is 0 Å². The molecule has 1 aliphatic rings. The predicted molar refractivity (Wildman–Crippen MR) is 71.4 cm³/mol. The Balaban J connectivity index is 1.83. The Morgan fingerprint density at radius 1 is 1.39 bits per heavy atom. The summed E-state index contributed by atoms with van der Waals surface area (Å²) in [5.41, 5.74) is 1.20. The van der Waals surface area contributed by atoms with Crippen molar-refractivity contribution in [3.05, 3.63) is 18.0 Å². The lowest BCUT2D eigenvalue weighted by Gasteiger charge is -2.32. The summed E-state index contributed by atoms with van der Waals surface area (Å²) in [7, 11) is -2.85. The van der Waals surface area contributed by atoms with Crippen LogP contribution >= 0.6 is 0 Å². The first-order valence-corrected chi connectivity index (χ1v) is 8.42. The smallest absolute Gasteiger partial charge is 0.148 e. The van der Waals surface area contributed by atoms with Crippen LogP contribution in [0.5, 0.6) is 0 Å². The maximum absolute atomic E-state index is 11.1. The standard InChI is InChI=1S/C12H21N3O2S/c1-11-3-6-13-15(11)12-4-7-14(8-5-12)9-10-18(2,16)17/h3,6,12H,4-5,7-10H2,1-2H3. The van der Waals surface area contributed by atoms with E-state index in [9.17, 15) is 8.42 Å². The van der Waals surface area contributed by atoms with E-state index in [1.165, 1.54) is 11.9 Å². The zero-order valence-corrected chi connectivity index (χ0v) is 11.9. The molecule has 0 atom stereocenters. The lowest BCUT2D eigenvalue weighted by Crippen LogP contribution is -2.37. The van der Waals surface area contributed by atoms with Crippen LogP contribution in [0.3, 0.4) is 0 Å². The van der Waals surface area contributed by atoms with Crippen molar-refractivity contribution in [1.29, 1.82) is 0 Å². The molecule has 0 aromatic carbocycles. The van der Waals surface area contributed by atoms with Gasteiger partial charge in [0.25, 0.3) is 0 Å². The Labute approximate surface area is 109 Å². The van der Waals surface area contributed by atoms with Gasteiger partial charge in [0, 0.05) is 37.8 Å². The highest BCUT2D eigenvalue weighted by Crippen LogP contribution is 2.22. The first kappa shape index (κ1) is 13.5. The van der Waals surface area contributed by atoms with E-state index < -0.39 is 9.84 Å². The number of piperidine rings is 1. The van der Waals surface area contributed by atoms with E-state index in [-0.39, 0.29) is 5.75 Å². The molecular formula is C12H21N3O2S. The Morgan fingerprint density at radius 2 is 2.06 bits per heavy atom. The molecular weight excluding hydrogens is 250 g/mol. The summed E-state index contributed by atoms with van der Waals surface area (Å²) in [5, 5.41) is 4.35. The van der Waals surface area contributed by atoms with E-state index in [0.29, 0.717) is 12.6 Å². The highest BCUT2D eigenvalue weighted by atomic mass is 32.2. The Kier molecular flexibility index (Phi) is 4.07. The summed E-state index contributed by atoms with van der Waals surface area (Å²) in [6, 6.07) is 2.49. The number of nitrogens with zero attached hydrogens (tertiary/aromatic N) is 3. The molecule has 0 unspecified atom stereocenters. The van der Waals surface area contributed by atoms with Crippen molar-refractivity contribution in [2.45, 2.75) is 25.8 Å². The summed E-state index contributed by atoms with van der Waals surface area (Å²) < 4.78 is 24.3. The second kappa shape index (κ2) is 5.40. The lowest BCUT2D eigenvalue weighted by atomic mass is 10.1. The molecule has 1 fully saturated rings. The fraction of sp³-hybridized carbons (Fsp3) is 0.750. The molecule has 0 radical (unpaired) electrons. The summed E-state index contributed by atoms with van der Waals surface area (Å²) >= 11 is 0. The molecule has 5 nitrogen and oxygen atoms in total. The number of hydrogen-bond donors (Lipinski definition) is 0. The van der Waals surface area contributed by atoms with Gasteiger partial charge < -0.3 is 4.90 Å². The molecule has 2 heterocycles. The highest BCUT2D eigenvalue weighted by Gasteiger charge is 2.22. The zero-order valence-electron chi connectivity index (χ0n) is 11.0. The molecule has 102 valence electrons. The molecule has 6 heteroatoms. The Hall–Kier alpha value is -0.880. The Morgan fingerprint density at radius 3 is 2.56 bits per heavy atom. The van der Waals surface area contributed by atoms with Crippen LogP contribution in [0.4, 0.5) is 0 Å². The molecule has 0 saturated carbocycles. The minimum Gasteiger partial charge on any atom is -0.302 e. The van der Waals surface area contributed by atoms with Gasteiger partial charge in [-0.3, -0.25) is 4.68 Å². The summed E-state index contributed by atoms with van der Waals surface area (Å²) in [4.78, 5) is 2.23. The van der Waals surface area contributed by atoms with Gasteiger partial charge in [0.2, 0.25) is 0 Å². The number of hydrogen-bond acceptors (Lipinski definition) is 4. The minimum atomic E-state index is -2.85. The average Bonchev–Trinajstić information content (AvgIpc) is 2.73. The van der Waals surface area contributed by atoms with Crippen molar-refractivity contribution in [1.82, 2.24) is 14.7 Å². The molecule has 1 aromatic heterocycles. The number of sulfone groups is 1. The second-order valence-electron chi connectivity index (χ2n) is 5.12. The fourth-order valence-corrected chi connectivity index (χ4v) is 3.04. The average molecular weight is 271 g/mol. The third kappa shape index (κ3) is 3.55. The van der Waals surface area contributed by atoms with Crippen LogP contribution in [-0.4, -0.2) is 54.7 Å². The Bertz CT molecular complexity index is 487. The molecule has 18 heavy (non-hydrogen) atoms. The van der Waals surface area contributed by atoms with Crippen LogP contribution in [0.1, 0.15) is 24.6 Å². The van der Waals surface area contributed by atoms with E-state index in [2.05, 4.69) is 21.6 Å². The third-order valence-electron chi connectivity index (χ3n) is 3.55. The monoisotopic (exact) mass is 271 g/mol. The SMILES string of the molecule is Cc1ccnn1C1CCN(CCS(C)(=O)=O)CC1. The van der Waals surface area contributed by atoms with Crippen LogP contribution in [-0.2, 0) is 9.84 Å². The van der Waals surface area contributed by atoms with Gasteiger partial charge in [0.05, 0.1) is 11.8 Å². The van der Waals surface area contributed by atoms with Gasteiger partial charge in [-0.1, -0.05) is 0 Å². The zero-order chi connectivity index (χ0) is 13.2. The first-order valence-electron chi connectivity index (χ1n) is 6.36. The lowest BCUT2D eigenvalue weighted by molar-refractivity contribution is 0.187. The van der Waals surface area contributed by atoms with Crippen molar-refractivity contribution < 1.29 is 8.42 Å². The van der Waals surface area contributed by atoms with Crippen LogP contribution in [0.25, 0.3) is 0 Å². The predicted octanol–water partition coefficient (Wildman–Crippen LogP) is 0.873. The molecule has 0 aliphatic carbocycles. The maximum Gasteiger partial charge on any atom is 0.148 e. The van der Waals surface area contributed by atoms with E-state index in [1.54, 1.807) is 0 Å². The normalized spacial score (nSPS) is 19.2. The van der Waals surface area contributed by atoms with E-state index in [4.69, 9.17) is 0 Å². The highest BCUT2D eigenvalue weighted by molar-refractivity contribution is 7.90. The molecule has 2 rings (SSSR count). The summed E-state index contributed by atoms with van der Waals surface area (Å²) in [6.07, 6.45) is 5.23. The van der Waals surface area contributed by atoms with Crippen LogP contribution in [0.15, 0.2) is 12.3 Å². The van der Waals surface area contributed by atoms with Gasteiger partial charge in [-0.25, -0.2) is 8.42 Å². The van der Waals surface area contributed by atoms with Gasteiger partial charge in [-0.05, 0) is 25.8 Å². The van der Waals surface area contributed by atoms with Crippen LogP contribution in [0, 0.1) is 6.92 Å². The fourth-order valence-electron chi connectivity index (χ4n) is 2.45. The largest absolute Gasteiger partial charge is 0.302 e. The molecule has 0 N–H and O–H groups in total. The molecule has 0 spiro atoms. The van der Waals surface area contributed by atoms with Crippen molar-refractivity contribution in [2.75, 3.05) is 31.6 Å². The summed E-state index contributed by atoms with van der Waals surface area (Å²) in [6.45, 7) is 4.64. The number of rotatable bonds is 4. The molecule has 1 aromatic rings. The maximum atomic E-state index is 11.1. The minimum absolute atomic E-state index is 0.262. The second-order valence-corrected chi connectivity index (χ2v) is 7.38. The summed E-state index contributed by atoms with van der Waals surface area (Å²) in [5.74, 6) is 0.262. The van der Waals surface area contributed by atoms with Crippen molar-refractivity contribution in [2.24, 2.45) is 0 Å². The van der Waals surface area contributed by atoms with Gasteiger partial charge in [0.15, 0.2) is 0 Å². The van der Waals surface area contributed by atoms with Gasteiger partial charge in [-0.2, -0.15) is 5.10 Å². The van der Waals surface area contributed by atoms with Gasteiger partial charge >= 0.3 is 0 Å². The molecule has 0 amide bonds. The van der Waals surface area contributed by atoms with Gasteiger partial charge in [-0.15, -0.1) is 0 Å². The van der Waals surface area contributed by atoms with Gasteiger partial charge in [0.1, 0.15) is 9.84 Å². The molecule has 1 aliphatic heterocycles. The van der Waals surface area contributed by atoms with E-state index in [1.807, 2.05) is 12.3 Å². The third-order valence-corrected chi connectivity index (χ3v) is 4.47. The topological polar surface area (TPSA) is 55.2 Å². The number of aryl methyl sites for hydroxylation is 1. The first-order chi connectivity index (χ1) is 8.46. The van der Waals surface area contributed by atoms with E-state index >= 15 is 0 Å². The quantitative estimate of drug-likeness (QED) is 0.815. The van der Waals surface area contributed by atoms with Crippen molar-refractivity contribution in [3.63, 3.8) is 0 Å². The van der Waals surface area contributed by atoms with Crippen molar-refractivity contribution in [3.8, 4) is 0 Å². The number of likely N-dealkylation sites (tertiary alicyclic amines) is 1.